The molecule has 1 N–H and O–H groups in total. The lowest BCUT2D eigenvalue weighted by atomic mass is 9.76. The molecule has 1 aliphatic heterocycles. The molecule has 0 bridgehead atoms. The van der Waals surface area contributed by atoms with Gasteiger partial charge in [-0.3, -0.25) is 9.59 Å². The summed E-state index contributed by atoms with van der Waals surface area (Å²) in [6.07, 6.45) is 0.607. The third-order valence-corrected chi connectivity index (χ3v) is 6.24. The Morgan fingerprint density at radius 2 is 1.93 bits per heavy atom. The van der Waals surface area contributed by atoms with Crippen LogP contribution in [0.1, 0.15) is 63.0 Å². The van der Waals surface area contributed by atoms with E-state index in [-0.39, 0.29) is 17.7 Å². The van der Waals surface area contributed by atoms with Crippen molar-refractivity contribution in [3.63, 3.8) is 0 Å². The number of nitrogens with one attached hydrogen (secondary N) is 1. The Balaban J connectivity index is 1.84. The molecule has 1 aromatic carbocycles. The molecule has 29 heavy (non-hydrogen) atoms. The third-order valence-electron chi connectivity index (χ3n) is 6.24. The van der Waals surface area contributed by atoms with Gasteiger partial charge >= 0.3 is 6.18 Å². The number of piperidine rings is 1. The molecular formula is C22H29F3N2O2. The van der Waals surface area contributed by atoms with Gasteiger partial charge in [0.1, 0.15) is 0 Å². The Kier molecular flexibility index (Phi) is 6.54. The van der Waals surface area contributed by atoms with E-state index in [1.165, 1.54) is 6.07 Å². The zero-order chi connectivity index (χ0) is 21.1. The van der Waals surface area contributed by atoms with Crippen LogP contribution in [-0.4, -0.2) is 36.3 Å². The Labute approximate surface area is 169 Å². The molecule has 2 aliphatic rings. The molecule has 7 heteroatoms. The number of alkyl halides is 3. The zero-order valence-electron chi connectivity index (χ0n) is 16.9. The van der Waals surface area contributed by atoms with Gasteiger partial charge in [0.15, 0.2) is 0 Å². The second kappa shape index (κ2) is 8.76. The van der Waals surface area contributed by atoms with Crippen LogP contribution in [-0.2, 0) is 21.2 Å². The molecule has 0 radical (unpaired) electrons. The van der Waals surface area contributed by atoms with Crippen LogP contribution in [0.2, 0.25) is 0 Å². The molecule has 1 atom stereocenters. The number of amides is 2. The van der Waals surface area contributed by atoms with Gasteiger partial charge < -0.3 is 10.2 Å². The van der Waals surface area contributed by atoms with Crippen LogP contribution in [0.4, 0.5) is 13.2 Å². The zero-order valence-corrected chi connectivity index (χ0v) is 16.9. The smallest absolute Gasteiger partial charge is 0.356 e. The molecule has 1 saturated heterocycles. The highest BCUT2D eigenvalue weighted by atomic mass is 19.4. The number of halogens is 3. The maximum absolute atomic E-state index is 13.6. The lowest BCUT2D eigenvalue weighted by molar-refractivity contribution is -0.142. The summed E-state index contributed by atoms with van der Waals surface area (Å²) in [6, 6.07) is 5.22. The minimum absolute atomic E-state index is 0.0381. The third kappa shape index (κ3) is 4.59. The Morgan fingerprint density at radius 1 is 1.21 bits per heavy atom. The summed E-state index contributed by atoms with van der Waals surface area (Å²) in [5.41, 5.74) is -1.18. The maximum Gasteiger partial charge on any atom is 0.416 e. The fourth-order valence-electron chi connectivity index (χ4n) is 4.67. The number of benzene rings is 1. The van der Waals surface area contributed by atoms with Gasteiger partial charge in [0.25, 0.3) is 0 Å². The first-order valence-corrected chi connectivity index (χ1v) is 10.5. The van der Waals surface area contributed by atoms with Crippen LogP contribution < -0.4 is 5.32 Å². The number of hydrogen-bond acceptors (Lipinski definition) is 2. The lowest BCUT2D eigenvalue weighted by Crippen LogP contribution is -2.51. The fourth-order valence-corrected chi connectivity index (χ4v) is 4.67. The van der Waals surface area contributed by atoms with E-state index in [0.29, 0.717) is 38.0 Å². The van der Waals surface area contributed by atoms with E-state index in [1.54, 1.807) is 11.0 Å². The molecule has 0 spiro atoms. The van der Waals surface area contributed by atoms with Crippen molar-refractivity contribution in [1.82, 2.24) is 10.2 Å². The molecule has 1 saturated carbocycles. The molecule has 4 nitrogen and oxygen atoms in total. The van der Waals surface area contributed by atoms with Gasteiger partial charge in [-0.1, -0.05) is 38.0 Å². The quantitative estimate of drug-likeness (QED) is 0.788. The van der Waals surface area contributed by atoms with E-state index >= 15 is 0 Å². The van der Waals surface area contributed by atoms with Crippen molar-refractivity contribution in [3.05, 3.63) is 35.4 Å². The van der Waals surface area contributed by atoms with Crippen LogP contribution in [0.3, 0.4) is 0 Å². The summed E-state index contributed by atoms with van der Waals surface area (Å²) in [4.78, 5) is 27.7. The summed E-state index contributed by atoms with van der Waals surface area (Å²) in [6.45, 7) is 3.49. The second-order valence-electron chi connectivity index (χ2n) is 8.25. The summed E-state index contributed by atoms with van der Waals surface area (Å²) >= 11 is 0. The molecule has 1 aromatic rings. The highest BCUT2D eigenvalue weighted by Crippen LogP contribution is 2.44. The van der Waals surface area contributed by atoms with E-state index in [4.69, 9.17) is 0 Å². The largest absolute Gasteiger partial charge is 0.416 e. The SMILES string of the molecule is CCCNC(=O)[C@@H]1CCCN(C(=O)C2(c3cccc(C(F)(F)F)c3)CCCC2)C1. The van der Waals surface area contributed by atoms with Gasteiger partial charge in [-0.25, -0.2) is 0 Å². The normalized spacial score (nSPS) is 21.8. The summed E-state index contributed by atoms with van der Waals surface area (Å²) < 4.78 is 39.7. The Hall–Kier alpha value is -2.05. The van der Waals surface area contributed by atoms with Crippen LogP contribution in [0.15, 0.2) is 24.3 Å². The topological polar surface area (TPSA) is 49.4 Å². The van der Waals surface area contributed by atoms with Crippen molar-refractivity contribution in [3.8, 4) is 0 Å². The number of carbonyl (C=O) groups is 2. The second-order valence-corrected chi connectivity index (χ2v) is 8.25. The van der Waals surface area contributed by atoms with Crippen molar-refractivity contribution in [1.29, 1.82) is 0 Å². The molecule has 160 valence electrons. The van der Waals surface area contributed by atoms with Crippen molar-refractivity contribution in [2.75, 3.05) is 19.6 Å². The Morgan fingerprint density at radius 3 is 2.59 bits per heavy atom. The highest BCUT2D eigenvalue weighted by Gasteiger charge is 2.47. The van der Waals surface area contributed by atoms with Gasteiger partial charge in [0.05, 0.1) is 16.9 Å². The average Bonchev–Trinajstić information content (AvgIpc) is 3.22. The van der Waals surface area contributed by atoms with E-state index in [9.17, 15) is 22.8 Å². The summed E-state index contributed by atoms with van der Waals surface area (Å²) in [5.74, 6) is -0.412. The molecule has 1 heterocycles. The number of nitrogens with zero attached hydrogens (tertiary/aromatic N) is 1. The average molecular weight is 410 g/mol. The Bertz CT molecular complexity index is 742. The monoisotopic (exact) mass is 410 g/mol. The molecule has 0 aromatic heterocycles. The standard InChI is InChI=1S/C22H29F3N2O2/c1-2-12-26-19(28)16-7-6-13-27(15-16)20(29)21(10-3-4-11-21)17-8-5-9-18(14-17)22(23,24)25/h5,8-9,14,16H,2-4,6-7,10-13,15H2,1H3,(H,26,28)/t16-/m1/s1. The number of likely N-dealkylation sites (tertiary alicyclic amines) is 1. The first-order valence-electron chi connectivity index (χ1n) is 10.5. The summed E-state index contributed by atoms with van der Waals surface area (Å²) in [5, 5.41) is 2.89. The van der Waals surface area contributed by atoms with Crippen LogP contribution in [0, 0.1) is 5.92 Å². The van der Waals surface area contributed by atoms with Crippen molar-refractivity contribution < 1.29 is 22.8 Å². The maximum atomic E-state index is 13.6. The van der Waals surface area contributed by atoms with Crippen LogP contribution >= 0.6 is 0 Å². The van der Waals surface area contributed by atoms with Crippen molar-refractivity contribution in [2.24, 2.45) is 5.92 Å². The summed E-state index contributed by atoms with van der Waals surface area (Å²) in [7, 11) is 0. The predicted molar refractivity (Wildman–Crippen MR) is 104 cm³/mol. The number of hydrogen-bond donors (Lipinski definition) is 1. The minimum atomic E-state index is -4.44. The first-order chi connectivity index (χ1) is 13.8. The van der Waals surface area contributed by atoms with E-state index in [0.717, 1.165) is 44.2 Å². The highest BCUT2D eigenvalue weighted by molar-refractivity contribution is 5.89. The van der Waals surface area contributed by atoms with Gasteiger partial charge in [-0.05, 0) is 43.7 Å². The molecule has 1 aliphatic carbocycles. The van der Waals surface area contributed by atoms with Gasteiger partial charge in [0, 0.05) is 19.6 Å². The van der Waals surface area contributed by atoms with Crippen molar-refractivity contribution in [2.45, 2.75) is 63.5 Å². The number of carbonyl (C=O) groups excluding carboxylic acids is 2. The van der Waals surface area contributed by atoms with Crippen LogP contribution in [0.5, 0.6) is 0 Å². The molecule has 2 amide bonds. The first kappa shape index (κ1) is 21.7. The molecular weight excluding hydrogens is 381 g/mol. The number of rotatable bonds is 5. The van der Waals surface area contributed by atoms with Gasteiger partial charge in [0.2, 0.25) is 11.8 Å². The fraction of sp³-hybridized carbons (Fsp3) is 0.636. The van der Waals surface area contributed by atoms with E-state index in [1.807, 2.05) is 6.92 Å². The molecule has 3 rings (SSSR count). The van der Waals surface area contributed by atoms with E-state index in [2.05, 4.69) is 5.32 Å². The van der Waals surface area contributed by atoms with Gasteiger partial charge in [-0.15, -0.1) is 0 Å². The lowest BCUT2D eigenvalue weighted by Gasteiger charge is -2.39. The predicted octanol–water partition coefficient (Wildman–Crippen LogP) is 4.28. The van der Waals surface area contributed by atoms with Gasteiger partial charge in [-0.2, -0.15) is 13.2 Å². The molecule has 0 unspecified atom stereocenters. The molecule has 2 fully saturated rings. The minimum Gasteiger partial charge on any atom is -0.356 e. The van der Waals surface area contributed by atoms with Crippen molar-refractivity contribution >= 4 is 11.8 Å². The van der Waals surface area contributed by atoms with E-state index < -0.39 is 17.2 Å². The van der Waals surface area contributed by atoms with Crippen LogP contribution in [0.25, 0.3) is 0 Å².